The summed E-state index contributed by atoms with van der Waals surface area (Å²) in [6.07, 6.45) is 3.36. The summed E-state index contributed by atoms with van der Waals surface area (Å²) < 4.78 is 30.3. The summed E-state index contributed by atoms with van der Waals surface area (Å²) in [4.78, 5) is 4.49. The van der Waals surface area contributed by atoms with Gasteiger partial charge in [-0.25, -0.2) is 4.98 Å². The molecule has 5 aromatic rings. The fraction of sp³-hybridized carbons (Fsp3) is 0.214. The first-order chi connectivity index (χ1) is 18.1. The number of aromatic nitrogens is 3. The summed E-state index contributed by atoms with van der Waals surface area (Å²) in [6, 6.07) is 19.1. The molecule has 0 atom stereocenters. The van der Waals surface area contributed by atoms with Crippen molar-refractivity contribution in [2.24, 2.45) is 0 Å². The normalized spacial score (nSPS) is 11.0. The Bertz CT molecular complexity index is 1440. The Hall–Kier alpha value is -4.50. The van der Waals surface area contributed by atoms with Crippen molar-refractivity contribution in [3.63, 3.8) is 0 Å². The zero-order chi connectivity index (χ0) is 25.6. The van der Waals surface area contributed by atoms with Crippen molar-refractivity contribution in [2.75, 3.05) is 7.11 Å². The van der Waals surface area contributed by atoms with Crippen LogP contribution in [0, 0.1) is 6.92 Å². The van der Waals surface area contributed by atoms with Gasteiger partial charge in [0.15, 0.2) is 17.3 Å². The van der Waals surface area contributed by atoms with E-state index in [0.717, 1.165) is 11.1 Å². The van der Waals surface area contributed by atoms with E-state index < -0.39 is 0 Å². The molecule has 0 spiro atoms. The number of hydrogen-bond donors (Lipinski definition) is 1. The van der Waals surface area contributed by atoms with E-state index in [1.54, 1.807) is 36.4 Å². The molecule has 0 saturated heterocycles. The zero-order valence-electron chi connectivity index (χ0n) is 20.6. The summed E-state index contributed by atoms with van der Waals surface area (Å²) >= 11 is 0. The molecule has 0 aliphatic rings. The average molecular weight is 502 g/mol. The van der Waals surface area contributed by atoms with Crippen LogP contribution in [0.4, 0.5) is 0 Å². The lowest BCUT2D eigenvalue weighted by molar-refractivity contribution is 0.253. The van der Waals surface area contributed by atoms with Crippen LogP contribution in [0.15, 0.2) is 82.0 Å². The molecule has 37 heavy (non-hydrogen) atoms. The second kappa shape index (κ2) is 11.0. The number of oxazole rings is 1. The van der Waals surface area contributed by atoms with Crippen LogP contribution in [0.5, 0.6) is 17.4 Å². The topological polar surface area (TPSA) is 105 Å². The predicted molar refractivity (Wildman–Crippen MR) is 134 cm³/mol. The highest BCUT2D eigenvalue weighted by atomic mass is 16.5. The van der Waals surface area contributed by atoms with E-state index >= 15 is 0 Å². The summed E-state index contributed by atoms with van der Waals surface area (Å²) in [5.41, 5.74) is 3.24. The van der Waals surface area contributed by atoms with Gasteiger partial charge in [-0.05, 0) is 42.3 Å². The predicted octanol–water partition coefficient (Wildman–Crippen LogP) is 5.15. The molecule has 2 aromatic carbocycles. The smallest absolute Gasteiger partial charge is 0.263 e. The summed E-state index contributed by atoms with van der Waals surface area (Å²) in [7, 11) is 1.58. The molecule has 3 aromatic heterocycles. The van der Waals surface area contributed by atoms with Crippen molar-refractivity contribution in [1.82, 2.24) is 14.8 Å². The number of rotatable bonds is 11. The SMILES string of the molecule is COc1ccc(COc2nn(Cc3ccccc3)cc2CO)cc1OCc1nc(-c2ccco2)oc1C. The highest BCUT2D eigenvalue weighted by molar-refractivity contribution is 5.45. The van der Waals surface area contributed by atoms with Crippen LogP contribution in [0.2, 0.25) is 0 Å². The molecule has 0 amide bonds. The highest BCUT2D eigenvalue weighted by Gasteiger charge is 2.16. The number of aliphatic hydroxyl groups excluding tert-OH is 1. The van der Waals surface area contributed by atoms with Gasteiger partial charge in [-0.2, -0.15) is 0 Å². The maximum Gasteiger partial charge on any atom is 0.263 e. The quantitative estimate of drug-likeness (QED) is 0.265. The first-order valence-corrected chi connectivity index (χ1v) is 11.8. The second-order valence-corrected chi connectivity index (χ2v) is 8.36. The van der Waals surface area contributed by atoms with Crippen LogP contribution in [0.3, 0.4) is 0 Å². The van der Waals surface area contributed by atoms with Gasteiger partial charge < -0.3 is 28.2 Å². The van der Waals surface area contributed by atoms with Crippen molar-refractivity contribution in [3.05, 3.63) is 101 Å². The number of benzene rings is 2. The molecular formula is C28H27N3O6. The lowest BCUT2D eigenvalue weighted by atomic mass is 10.2. The van der Waals surface area contributed by atoms with Gasteiger partial charge in [0, 0.05) is 6.20 Å². The highest BCUT2D eigenvalue weighted by Crippen LogP contribution is 2.30. The van der Waals surface area contributed by atoms with E-state index in [9.17, 15) is 5.11 Å². The number of methoxy groups -OCH3 is 1. The molecule has 0 saturated carbocycles. The fourth-order valence-corrected chi connectivity index (χ4v) is 3.82. The lowest BCUT2D eigenvalue weighted by Gasteiger charge is -2.12. The molecule has 0 unspecified atom stereocenters. The van der Waals surface area contributed by atoms with E-state index in [1.165, 1.54) is 0 Å². The number of furan rings is 1. The molecule has 0 bridgehead atoms. The molecule has 0 aliphatic carbocycles. The number of nitrogens with zero attached hydrogens (tertiary/aromatic N) is 3. The Kier molecular flexibility index (Phi) is 7.23. The van der Waals surface area contributed by atoms with Crippen molar-refractivity contribution < 1.29 is 28.2 Å². The number of aliphatic hydroxyl groups is 1. The maximum absolute atomic E-state index is 9.78. The molecule has 0 fully saturated rings. The van der Waals surface area contributed by atoms with E-state index in [4.69, 9.17) is 23.0 Å². The van der Waals surface area contributed by atoms with E-state index in [2.05, 4.69) is 10.1 Å². The van der Waals surface area contributed by atoms with Crippen molar-refractivity contribution in [1.29, 1.82) is 0 Å². The van der Waals surface area contributed by atoms with Crippen LogP contribution >= 0.6 is 0 Å². The number of ether oxygens (including phenoxy) is 3. The fourth-order valence-electron chi connectivity index (χ4n) is 3.82. The van der Waals surface area contributed by atoms with Gasteiger partial charge in [-0.1, -0.05) is 36.4 Å². The average Bonchev–Trinajstić information content (AvgIpc) is 3.67. The van der Waals surface area contributed by atoms with Gasteiger partial charge in [0.2, 0.25) is 5.88 Å². The van der Waals surface area contributed by atoms with Crippen LogP contribution in [0.25, 0.3) is 11.7 Å². The zero-order valence-corrected chi connectivity index (χ0v) is 20.6. The number of aryl methyl sites for hydroxylation is 1. The third-order valence-electron chi connectivity index (χ3n) is 5.75. The Morgan fingerprint density at radius 1 is 0.946 bits per heavy atom. The summed E-state index contributed by atoms with van der Waals surface area (Å²) in [5.74, 6) is 3.12. The minimum atomic E-state index is -0.169. The largest absolute Gasteiger partial charge is 0.493 e. The third-order valence-corrected chi connectivity index (χ3v) is 5.75. The minimum absolute atomic E-state index is 0.169. The van der Waals surface area contributed by atoms with Crippen LogP contribution < -0.4 is 14.2 Å². The van der Waals surface area contributed by atoms with Crippen molar-refractivity contribution in [3.8, 4) is 29.0 Å². The summed E-state index contributed by atoms with van der Waals surface area (Å²) in [6.45, 7) is 2.67. The molecule has 190 valence electrons. The van der Waals surface area contributed by atoms with Gasteiger partial charge in [-0.15, -0.1) is 5.10 Å². The monoisotopic (exact) mass is 501 g/mol. The van der Waals surface area contributed by atoms with Crippen LogP contribution in [-0.2, 0) is 26.4 Å². The second-order valence-electron chi connectivity index (χ2n) is 8.36. The van der Waals surface area contributed by atoms with E-state index in [0.29, 0.717) is 52.6 Å². The first-order valence-electron chi connectivity index (χ1n) is 11.8. The molecule has 9 nitrogen and oxygen atoms in total. The third kappa shape index (κ3) is 5.68. The van der Waals surface area contributed by atoms with Gasteiger partial charge >= 0.3 is 0 Å². The molecule has 0 aliphatic heterocycles. The number of hydrogen-bond acceptors (Lipinski definition) is 8. The van der Waals surface area contributed by atoms with Gasteiger partial charge in [-0.3, -0.25) is 4.68 Å². The lowest BCUT2D eigenvalue weighted by Crippen LogP contribution is -2.03. The van der Waals surface area contributed by atoms with Crippen LogP contribution in [0.1, 0.15) is 28.1 Å². The van der Waals surface area contributed by atoms with Gasteiger partial charge in [0.25, 0.3) is 5.89 Å². The maximum atomic E-state index is 9.78. The molecule has 5 rings (SSSR count). The van der Waals surface area contributed by atoms with Crippen LogP contribution in [-0.4, -0.2) is 27.0 Å². The van der Waals surface area contributed by atoms with E-state index in [1.807, 2.05) is 55.5 Å². The Labute approximate surface area is 213 Å². The van der Waals surface area contributed by atoms with Crippen molar-refractivity contribution >= 4 is 0 Å². The van der Waals surface area contributed by atoms with Gasteiger partial charge in [0.1, 0.15) is 24.7 Å². The Morgan fingerprint density at radius 2 is 1.81 bits per heavy atom. The van der Waals surface area contributed by atoms with E-state index in [-0.39, 0.29) is 19.8 Å². The summed E-state index contributed by atoms with van der Waals surface area (Å²) in [5, 5.41) is 14.3. The molecule has 9 heteroatoms. The van der Waals surface area contributed by atoms with Crippen molar-refractivity contribution in [2.45, 2.75) is 33.3 Å². The minimum Gasteiger partial charge on any atom is -0.493 e. The van der Waals surface area contributed by atoms with Gasteiger partial charge in [0.05, 0.1) is 32.1 Å². The standard InChI is InChI=1S/C28H27N3O6/c1-19-23(29-28(37-19)25-9-6-12-34-25)18-35-26-13-21(10-11-24(26)33-2)17-36-27-22(16-32)15-31(30-27)14-20-7-4-3-5-8-20/h3-13,15,32H,14,16-18H2,1-2H3. The molecule has 3 heterocycles. The molecule has 1 N–H and O–H groups in total. The molecule has 0 radical (unpaired) electrons. The Morgan fingerprint density at radius 3 is 2.57 bits per heavy atom. The molecular weight excluding hydrogens is 474 g/mol. The first kappa shape index (κ1) is 24.2. The Balaban J connectivity index is 1.26.